The summed E-state index contributed by atoms with van der Waals surface area (Å²) in [7, 11) is 5.80. The summed E-state index contributed by atoms with van der Waals surface area (Å²) in [4.78, 5) is 0. The Morgan fingerprint density at radius 2 is 1.44 bits per heavy atom. The highest BCUT2D eigenvalue weighted by Gasteiger charge is 2.11. The molecule has 0 saturated carbocycles. The van der Waals surface area contributed by atoms with E-state index in [4.69, 9.17) is 7.85 Å². The zero-order chi connectivity index (χ0) is 13.6. The fraction of sp³-hybridized carbons (Fsp3) is 1.00. The van der Waals surface area contributed by atoms with Crippen LogP contribution >= 0.6 is 0 Å². The molecule has 106 valence electrons. The second-order valence-electron chi connectivity index (χ2n) is 5.66. The monoisotopic (exact) mass is 251 g/mol. The summed E-state index contributed by atoms with van der Waals surface area (Å²) in [5.74, 6) is 0.698. The third kappa shape index (κ3) is 9.99. The van der Waals surface area contributed by atoms with E-state index in [1.807, 2.05) is 0 Å². The molecular formula is C16H34BN. The van der Waals surface area contributed by atoms with Crippen molar-refractivity contribution in [1.29, 1.82) is 0 Å². The molecule has 18 heavy (non-hydrogen) atoms. The Hall–Kier alpha value is 0.0249. The lowest BCUT2D eigenvalue weighted by atomic mass is 9.87. The van der Waals surface area contributed by atoms with Crippen LogP contribution in [0.4, 0.5) is 0 Å². The average Bonchev–Trinajstić information content (AvgIpc) is 2.40. The number of hydrogen-bond acceptors (Lipinski definition) is 1. The molecule has 2 radical (unpaired) electrons. The zero-order valence-corrected chi connectivity index (χ0v) is 13.0. The molecule has 0 heterocycles. The quantitative estimate of drug-likeness (QED) is 0.369. The SMILES string of the molecule is [B]CC(NCCCCCCCCCC)C(C)CC. The summed E-state index contributed by atoms with van der Waals surface area (Å²) < 4.78 is 0. The Bertz CT molecular complexity index is 161. The molecule has 2 unspecified atom stereocenters. The van der Waals surface area contributed by atoms with Gasteiger partial charge in [-0.05, 0) is 18.9 Å². The minimum atomic E-state index is 0.513. The van der Waals surface area contributed by atoms with Gasteiger partial charge in [0.05, 0.1) is 7.85 Å². The molecule has 0 aliphatic heterocycles. The first-order valence-corrected chi connectivity index (χ1v) is 8.19. The van der Waals surface area contributed by atoms with Crippen LogP contribution in [-0.2, 0) is 0 Å². The van der Waals surface area contributed by atoms with Gasteiger partial charge in [-0.25, -0.2) is 0 Å². The van der Waals surface area contributed by atoms with Crippen LogP contribution in [0.3, 0.4) is 0 Å². The second kappa shape index (κ2) is 13.5. The molecule has 0 aliphatic rings. The summed E-state index contributed by atoms with van der Waals surface area (Å²) in [6.45, 7) is 7.95. The summed E-state index contributed by atoms with van der Waals surface area (Å²) in [6, 6.07) is 0.513. The van der Waals surface area contributed by atoms with Crippen LogP contribution in [0.5, 0.6) is 0 Å². The van der Waals surface area contributed by atoms with E-state index in [9.17, 15) is 0 Å². The van der Waals surface area contributed by atoms with Gasteiger partial charge in [-0.3, -0.25) is 0 Å². The molecule has 0 fully saturated rings. The summed E-state index contributed by atoms with van der Waals surface area (Å²) in [5, 5.41) is 3.61. The summed E-state index contributed by atoms with van der Waals surface area (Å²) in [5.41, 5.74) is 0. The Morgan fingerprint density at radius 1 is 0.889 bits per heavy atom. The smallest absolute Gasteiger partial charge is 0.0674 e. The van der Waals surface area contributed by atoms with E-state index in [0.29, 0.717) is 12.0 Å². The second-order valence-corrected chi connectivity index (χ2v) is 5.66. The maximum absolute atomic E-state index is 5.80. The third-order valence-corrected chi connectivity index (χ3v) is 4.02. The lowest BCUT2D eigenvalue weighted by molar-refractivity contribution is 0.386. The van der Waals surface area contributed by atoms with Crippen LogP contribution in [0.15, 0.2) is 0 Å². The molecule has 2 atom stereocenters. The molecule has 1 nitrogen and oxygen atoms in total. The molecule has 0 spiro atoms. The number of hydrogen-bond donors (Lipinski definition) is 1. The highest BCUT2D eigenvalue weighted by molar-refractivity contribution is 6.08. The van der Waals surface area contributed by atoms with Gasteiger partial charge in [0.1, 0.15) is 0 Å². The third-order valence-electron chi connectivity index (χ3n) is 4.02. The first-order chi connectivity index (χ1) is 8.76. The maximum atomic E-state index is 5.80. The van der Waals surface area contributed by atoms with Gasteiger partial charge >= 0.3 is 0 Å². The van der Waals surface area contributed by atoms with Crippen molar-refractivity contribution >= 4 is 7.85 Å². The van der Waals surface area contributed by atoms with Gasteiger partial charge in [-0.2, -0.15) is 0 Å². The zero-order valence-electron chi connectivity index (χ0n) is 13.0. The Labute approximate surface area is 117 Å². The van der Waals surface area contributed by atoms with Gasteiger partial charge in [0.2, 0.25) is 0 Å². The fourth-order valence-corrected chi connectivity index (χ4v) is 2.35. The Morgan fingerprint density at radius 3 is 1.94 bits per heavy atom. The molecule has 0 aromatic carbocycles. The van der Waals surface area contributed by atoms with E-state index in [1.54, 1.807) is 0 Å². The molecular weight excluding hydrogens is 217 g/mol. The van der Waals surface area contributed by atoms with Gasteiger partial charge in [-0.1, -0.05) is 78.5 Å². The van der Waals surface area contributed by atoms with Crippen molar-refractivity contribution < 1.29 is 0 Å². The van der Waals surface area contributed by atoms with Crippen molar-refractivity contribution in [3.8, 4) is 0 Å². The van der Waals surface area contributed by atoms with Gasteiger partial charge in [-0.15, -0.1) is 0 Å². The van der Waals surface area contributed by atoms with Crippen molar-refractivity contribution in [1.82, 2.24) is 5.32 Å². The Kier molecular flexibility index (Phi) is 13.5. The predicted molar refractivity (Wildman–Crippen MR) is 84.4 cm³/mol. The summed E-state index contributed by atoms with van der Waals surface area (Å²) >= 11 is 0. The van der Waals surface area contributed by atoms with Crippen molar-refractivity contribution in [2.75, 3.05) is 6.54 Å². The van der Waals surface area contributed by atoms with E-state index in [-0.39, 0.29) is 0 Å². The van der Waals surface area contributed by atoms with Crippen molar-refractivity contribution in [2.45, 2.75) is 90.9 Å². The molecule has 0 saturated heterocycles. The van der Waals surface area contributed by atoms with Gasteiger partial charge in [0, 0.05) is 6.04 Å². The average molecular weight is 251 g/mol. The lowest BCUT2D eigenvalue weighted by Gasteiger charge is -2.23. The molecule has 2 heteroatoms. The molecule has 0 aromatic heterocycles. The normalized spacial score (nSPS) is 14.6. The number of rotatable bonds is 13. The highest BCUT2D eigenvalue weighted by Crippen LogP contribution is 2.11. The van der Waals surface area contributed by atoms with Gasteiger partial charge in [0.15, 0.2) is 0 Å². The van der Waals surface area contributed by atoms with Gasteiger partial charge in [0.25, 0.3) is 0 Å². The molecule has 0 aliphatic carbocycles. The van der Waals surface area contributed by atoms with E-state index < -0.39 is 0 Å². The maximum Gasteiger partial charge on any atom is 0.0674 e. The summed E-state index contributed by atoms with van der Waals surface area (Å²) in [6.07, 6.45) is 13.1. The van der Waals surface area contributed by atoms with Crippen LogP contribution < -0.4 is 5.32 Å². The Balaban J connectivity index is 3.28. The largest absolute Gasteiger partial charge is 0.314 e. The van der Waals surface area contributed by atoms with E-state index >= 15 is 0 Å². The van der Waals surface area contributed by atoms with Gasteiger partial charge < -0.3 is 5.32 Å². The standard InChI is InChI=1S/C16H34BN/c1-4-6-7-8-9-10-11-12-13-18-16(14-17)15(3)5-2/h15-16,18H,4-14H2,1-3H3. The van der Waals surface area contributed by atoms with Crippen LogP contribution in [0.25, 0.3) is 0 Å². The van der Waals surface area contributed by atoms with Crippen LogP contribution in [0.1, 0.15) is 78.6 Å². The fourth-order valence-electron chi connectivity index (χ4n) is 2.35. The predicted octanol–water partition coefficient (Wildman–Crippen LogP) is 4.72. The minimum Gasteiger partial charge on any atom is -0.314 e. The van der Waals surface area contributed by atoms with Crippen molar-refractivity contribution in [3.05, 3.63) is 0 Å². The lowest BCUT2D eigenvalue weighted by Crippen LogP contribution is -2.35. The molecule has 0 bridgehead atoms. The van der Waals surface area contributed by atoms with Crippen LogP contribution in [0, 0.1) is 5.92 Å². The van der Waals surface area contributed by atoms with Crippen molar-refractivity contribution in [2.24, 2.45) is 5.92 Å². The molecule has 1 N–H and O–H groups in total. The molecule has 0 aromatic rings. The van der Waals surface area contributed by atoms with E-state index in [0.717, 1.165) is 12.9 Å². The first-order valence-electron chi connectivity index (χ1n) is 8.19. The molecule has 0 amide bonds. The van der Waals surface area contributed by atoms with E-state index in [1.165, 1.54) is 57.8 Å². The van der Waals surface area contributed by atoms with E-state index in [2.05, 4.69) is 26.1 Å². The topological polar surface area (TPSA) is 12.0 Å². The number of nitrogens with one attached hydrogen (secondary N) is 1. The van der Waals surface area contributed by atoms with Crippen LogP contribution in [0.2, 0.25) is 6.32 Å². The first kappa shape index (κ1) is 18.0. The number of unbranched alkanes of at least 4 members (excludes halogenated alkanes) is 7. The minimum absolute atomic E-state index is 0.513. The van der Waals surface area contributed by atoms with Crippen molar-refractivity contribution in [3.63, 3.8) is 0 Å². The highest BCUT2D eigenvalue weighted by atomic mass is 14.9. The molecule has 0 rings (SSSR count). The van der Waals surface area contributed by atoms with Crippen LogP contribution in [-0.4, -0.2) is 20.4 Å².